The van der Waals surface area contributed by atoms with Crippen LogP contribution in [0.3, 0.4) is 0 Å². The van der Waals surface area contributed by atoms with Gasteiger partial charge >= 0.3 is 0 Å². The molecule has 0 spiro atoms. The Morgan fingerprint density at radius 1 is 1.17 bits per heavy atom. The van der Waals surface area contributed by atoms with Gasteiger partial charge in [-0.1, -0.05) is 15.9 Å². The standard InChI is InChI=1S/C14H18Br2N2/c1-17-10-7-11-3-4-12(8-10)18(11)14-5-2-9(15)6-13(14)16/h2,5-6,10-12,17H,3-4,7-8H2,1H3. The quantitative estimate of drug-likeness (QED) is 0.844. The number of nitrogens with zero attached hydrogens (tertiary/aromatic N) is 1. The van der Waals surface area contributed by atoms with Crippen molar-refractivity contribution in [2.75, 3.05) is 11.9 Å². The summed E-state index contributed by atoms with van der Waals surface area (Å²) in [5.41, 5.74) is 1.36. The van der Waals surface area contributed by atoms with Gasteiger partial charge < -0.3 is 10.2 Å². The highest BCUT2D eigenvalue weighted by atomic mass is 79.9. The largest absolute Gasteiger partial charge is 0.365 e. The van der Waals surface area contributed by atoms with Crippen LogP contribution in [-0.4, -0.2) is 25.2 Å². The molecule has 0 aliphatic carbocycles. The molecule has 2 nitrogen and oxygen atoms in total. The minimum absolute atomic E-state index is 0.702. The third-order valence-corrected chi connectivity index (χ3v) is 5.46. The maximum atomic E-state index is 3.71. The summed E-state index contributed by atoms with van der Waals surface area (Å²) in [5, 5.41) is 3.45. The lowest BCUT2D eigenvalue weighted by Crippen LogP contribution is -2.48. The van der Waals surface area contributed by atoms with Gasteiger partial charge in [0.1, 0.15) is 0 Å². The highest BCUT2D eigenvalue weighted by molar-refractivity contribution is 9.11. The summed E-state index contributed by atoms with van der Waals surface area (Å²) in [5.74, 6) is 0. The summed E-state index contributed by atoms with van der Waals surface area (Å²) in [7, 11) is 2.09. The van der Waals surface area contributed by atoms with Crippen molar-refractivity contribution >= 4 is 37.5 Å². The summed E-state index contributed by atoms with van der Waals surface area (Å²) in [4.78, 5) is 2.64. The van der Waals surface area contributed by atoms with Crippen LogP contribution in [0.5, 0.6) is 0 Å². The van der Waals surface area contributed by atoms with Crippen LogP contribution in [0.15, 0.2) is 27.1 Å². The maximum absolute atomic E-state index is 3.71. The monoisotopic (exact) mass is 372 g/mol. The molecule has 2 bridgehead atoms. The van der Waals surface area contributed by atoms with Crippen molar-refractivity contribution in [3.63, 3.8) is 0 Å². The lowest BCUT2D eigenvalue weighted by molar-refractivity contribution is 0.373. The van der Waals surface area contributed by atoms with Crippen molar-refractivity contribution in [2.45, 2.75) is 43.8 Å². The lowest BCUT2D eigenvalue weighted by Gasteiger charge is -2.41. The minimum Gasteiger partial charge on any atom is -0.365 e. The maximum Gasteiger partial charge on any atom is 0.0516 e. The molecule has 0 radical (unpaired) electrons. The molecule has 0 saturated carbocycles. The van der Waals surface area contributed by atoms with Crippen molar-refractivity contribution in [1.82, 2.24) is 5.32 Å². The van der Waals surface area contributed by atoms with Gasteiger partial charge in [-0.05, 0) is 66.9 Å². The number of anilines is 1. The van der Waals surface area contributed by atoms with Gasteiger partial charge in [-0.25, -0.2) is 0 Å². The average Bonchev–Trinajstić information content (AvgIpc) is 2.60. The van der Waals surface area contributed by atoms with Gasteiger partial charge in [0, 0.05) is 27.1 Å². The Labute approximate surface area is 125 Å². The molecule has 1 N–H and O–H groups in total. The van der Waals surface area contributed by atoms with E-state index in [0.717, 1.165) is 4.47 Å². The Hall–Kier alpha value is -0.0600. The normalized spacial score (nSPS) is 30.8. The first-order valence-electron chi connectivity index (χ1n) is 6.59. The molecule has 2 saturated heterocycles. The topological polar surface area (TPSA) is 15.3 Å². The summed E-state index contributed by atoms with van der Waals surface area (Å²) in [6.45, 7) is 0. The zero-order valence-corrected chi connectivity index (χ0v) is 13.7. The fraction of sp³-hybridized carbons (Fsp3) is 0.571. The van der Waals surface area contributed by atoms with E-state index in [1.807, 2.05) is 0 Å². The molecule has 3 rings (SSSR count). The van der Waals surface area contributed by atoms with Gasteiger partial charge in [0.25, 0.3) is 0 Å². The number of piperidine rings is 1. The molecule has 1 aromatic carbocycles. The summed E-state index contributed by atoms with van der Waals surface area (Å²) >= 11 is 7.24. The van der Waals surface area contributed by atoms with Crippen LogP contribution in [-0.2, 0) is 0 Å². The molecule has 2 unspecified atom stereocenters. The van der Waals surface area contributed by atoms with E-state index in [1.54, 1.807) is 0 Å². The smallest absolute Gasteiger partial charge is 0.0516 e. The third kappa shape index (κ3) is 2.23. The summed E-state index contributed by atoms with van der Waals surface area (Å²) in [6.07, 6.45) is 5.22. The van der Waals surface area contributed by atoms with Crippen molar-refractivity contribution in [3.8, 4) is 0 Å². The van der Waals surface area contributed by atoms with Crippen LogP contribution in [0.2, 0.25) is 0 Å². The van der Waals surface area contributed by atoms with E-state index < -0.39 is 0 Å². The predicted molar refractivity (Wildman–Crippen MR) is 83.2 cm³/mol. The first-order chi connectivity index (χ1) is 8.69. The average molecular weight is 374 g/mol. The molecule has 2 aliphatic heterocycles. The Bertz CT molecular complexity index is 435. The first-order valence-corrected chi connectivity index (χ1v) is 8.18. The van der Waals surface area contributed by atoms with E-state index >= 15 is 0 Å². The number of rotatable bonds is 2. The van der Waals surface area contributed by atoms with Crippen molar-refractivity contribution < 1.29 is 0 Å². The van der Waals surface area contributed by atoms with E-state index in [2.05, 4.69) is 67.3 Å². The molecule has 2 aliphatic rings. The van der Waals surface area contributed by atoms with Gasteiger partial charge in [-0.3, -0.25) is 0 Å². The number of halogens is 2. The lowest BCUT2D eigenvalue weighted by atomic mass is 9.97. The van der Waals surface area contributed by atoms with Crippen LogP contribution in [0.1, 0.15) is 25.7 Å². The molecule has 98 valence electrons. The zero-order chi connectivity index (χ0) is 12.7. The molecule has 0 amide bonds. The van der Waals surface area contributed by atoms with Crippen LogP contribution < -0.4 is 10.2 Å². The highest BCUT2D eigenvalue weighted by Crippen LogP contribution is 2.42. The van der Waals surface area contributed by atoms with Gasteiger partial charge in [-0.15, -0.1) is 0 Å². The SMILES string of the molecule is CNC1CC2CCC(C1)N2c1ccc(Br)cc1Br. The summed E-state index contributed by atoms with van der Waals surface area (Å²) < 4.78 is 2.34. The predicted octanol–water partition coefficient (Wildman–Crippen LogP) is 3.93. The molecule has 4 heteroatoms. The number of hydrogen-bond acceptors (Lipinski definition) is 2. The molecule has 18 heavy (non-hydrogen) atoms. The molecular formula is C14H18Br2N2. The zero-order valence-electron chi connectivity index (χ0n) is 10.5. The first kappa shape index (κ1) is 12.9. The minimum atomic E-state index is 0.702. The van der Waals surface area contributed by atoms with Crippen LogP contribution in [0, 0.1) is 0 Å². The molecule has 1 aromatic rings. The van der Waals surface area contributed by atoms with Crippen molar-refractivity contribution in [1.29, 1.82) is 0 Å². The van der Waals surface area contributed by atoms with Crippen LogP contribution in [0.4, 0.5) is 5.69 Å². The van der Waals surface area contributed by atoms with E-state index in [9.17, 15) is 0 Å². The fourth-order valence-electron chi connectivity index (χ4n) is 3.50. The Morgan fingerprint density at radius 2 is 1.83 bits per heavy atom. The summed E-state index contributed by atoms with van der Waals surface area (Å²) in [6, 6.07) is 8.65. The van der Waals surface area contributed by atoms with E-state index in [1.165, 1.54) is 35.8 Å². The van der Waals surface area contributed by atoms with Gasteiger partial charge in [0.05, 0.1) is 5.69 Å². The van der Waals surface area contributed by atoms with Gasteiger partial charge in [0.2, 0.25) is 0 Å². The molecular weight excluding hydrogens is 356 g/mol. The van der Waals surface area contributed by atoms with Gasteiger partial charge in [-0.2, -0.15) is 0 Å². The second kappa shape index (κ2) is 5.14. The number of nitrogens with one attached hydrogen (secondary N) is 1. The second-order valence-corrected chi connectivity index (χ2v) is 7.12. The fourth-order valence-corrected chi connectivity index (χ4v) is 4.75. The third-order valence-electron chi connectivity index (χ3n) is 4.33. The van der Waals surface area contributed by atoms with E-state index in [4.69, 9.17) is 0 Å². The molecule has 2 atom stereocenters. The Kier molecular flexibility index (Phi) is 3.70. The van der Waals surface area contributed by atoms with Crippen LogP contribution in [0.25, 0.3) is 0 Å². The van der Waals surface area contributed by atoms with Crippen molar-refractivity contribution in [2.24, 2.45) is 0 Å². The van der Waals surface area contributed by atoms with E-state index in [0.29, 0.717) is 18.1 Å². The molecule has 0 aromatic heterocycles. The number of fused-ring (bicyclic) bond motifs is 2. The van der Waals surface area contributed by atoms with E-state index in [-0.39, 0.29) is 0 Å². The van der Waals surface area contributed by atoms with Crippen LogP contribution >= 0.6 is 31.9 Å². The molecule has 2 fully saturated rings. The molecule has 2 heterocycles. The highest BCUT2D eigenvalue weighted by Gasteiger charge is 2.40. The Morgan fingerprint density at radius 3 is 2.39 bits per heavy atom. The van der Waals surface area contributed by atoms with Crippen molar-refractivity contribution in [3.05, 3.63) is 27.1 Å². The number of benzene rings is 1. The van der Waals surface area contributed by atoms with Gasteiger partial charge in [0.15, 0.2) is 0 Å². The number of hydrogen-bond donors (Lipinski definition) is 1. The second-order valence-electron chi connectivity index (χ2n) is 5.35. The Balaban J connectivity index is 1.89.